The number of nitrogens with one attached hydrogen (secondary N) is 1. The summed E-state index contributed by atoms with van der Waals surface area (Å²) in [6.45, 7) is 8.71. The fraction of sp³-hybridized carbons (Fsp3) is 0.429. The van der Waals surface area contributed by atoms with E-state index in [2.05, 4.69) is 5.32 Å². The Morgan fingerprint density at radius 1 is 0.974 bits per heavy atom. The number of aldehydes is 1. The number of ether oxygens (including phenoxy) is 3. The summed E-state index contributed by atoms with van der Waals surface area (Å²) < 4.78 is 16.9. The summed E-state index contributed by atoms with van der Waals surface area (Å²) >= 11 is 1.64. The van der Waals surface area contributed by atoms with Crippen LogP contribution in [0.3, 0.4) is 0 Å². The van der Waals surface area contributed by atoms with Crippen molar-refractivity contribution >= 4 is 65.3 Å². The second kappa shape index (κ2) is 14.8. The molecule has 0 spiro atoms. The molecule has 1 N–H and O–H groups in total. The Morgan fingerprint density at radius 3 is 2.18 bits per heavy atom. The van der Waals surface area contributed by atoms with Crippen LogP contribution in [-0.4, -0.2) is 77.3 Å². The summed E-state index contributed by atoms with van der Waals surface area (Å²) in [4.78, 5) is 46.1. The molecule has 1 aliphatic rings. The molecule has 38 heavy (non-hydrogen) atoms. The van der Waals surface area contributed by atoms with E-state index in [1.165, 1.54) is 13.8 Å². The van der Waals surface area contributed by atoms with E-state index < -0.39 is 23.8 Å². The first-order valence-corrected chi connectivity index (χ1v) is 13.2. The van der Waals surface area contributed by atoms with E-state index in [-0.39, 0.29) is 34.8 Å². The summed E-state index contributed by atoms with van der Waals surface area (Å²) in [6.07, 6.45) is 2.29. The van der Waals surface area contributed by atoms with E-state index in [0.29, 0.717) is 49.5 Å². The van der Waals surface area contributed by atoms with Crippen molar-refractivity contribution < 1.29 is 33.4 Å². The summed E-state index contributed by atoms with van der Waals surface area (Å²) in [5.41, 5.74) is 4.17. The second-order valence-electron chi connectivity index (χ2n) is 9.05. The van der Waals surface area contributed by atoms with Gasteiger partial charge in [0, 0.05) is 30.5 Å². The standard InChI is InChI=1S/C28H33NO7S.Na.H/c1-16-17(2)28(36-20(5)32)23(18(3)27(16)35-19(4)31)7-6-12-34-22-10-8-21(9-11-22)13-25-26(24(33)14-30)29-15-37-25;;/h8-11,14,25-26,29H,6-7,12-13,15H2,1-5H3;;. The van der Waals surface area contributed by atoms with Crippen molar-refractivity contribution in [2.45, 2.75) is 65.2 Å². The van der Waals surface area contributed by atoms with Gasteiger partial charge in [-0.3, -0.25) is 24.5 Å². The zero-order valence-electron chi connectivity index (χ0n) is 21.8. The van der Waals surface area contributed by atoms with Crippen LogP contribution in [0.25, 0.3) is 0 Å². The molecule has 2 unspecified atom stereocenters. The van der Waals surface area contributed by atoms with Crippen molar-refractivity contribution in [3.63, 3.8) is 0 Å². The van der Waals surface area contributed by atoms with Gasteiger partial charge < -0.3 is 14.2 Å². The van der Waals surface area contributed by atoms with Crippen molar-refractivity contribution in [1.82, 2.24) is 5.32 Å². The molecule has 1 fully saturated rings. The predicted molar refractivity (Wildman–Crippen MR) is 149 cm³/mol. The number of ketones is 1. The molecule has 8 nitrogen and oxygen atoms in total. The Labute approximate surface area is 249 Å². The summed E-state index contributed by atoms with van der Waals surface area (Å²) in [6, 6.07) is 7.28. The molecule has 0 aliphatic carbocycles. The van der Waals surface area contributed by atoms with E-state index in [1.54, 1.807) is 11.8 Å². The molecule has 1 saturated heterocycles. The molecule has 2 atom stereocenters. The molecule has 0 bridgehead atoms. The fourth-order valence-electron chi connectivity index (χ4n) is 4.43. The molecule has 2 aromatic carbocycles. The number of rotatable bonds is 11. The molecular weight excluding hydrogens is 517 g/mol. The van der Waals surface area contributed by atoms with Gasteiger partial charge in [-0.1, -0.05) is 12.1 Å². The first kappa shape index (κ1) is 32.0. The Kier molecular flexibility index (Phi) is 12.5. The zero-order valence-corrected chi connectivity index (χ0v) is 22.7. The predicted octanol–water partition coefficient (Wildman–Crippen LogP) is 3.17. The zero-order chi connectivity index (χ0) is 27.1. The number of hydrogen-bond acceptors (Lipinski definition) is 9. The number of thioether (sulfide) groups is 1. The molecule has 0 radical (unpaired) electrons. The minimum absolute atomic E-state index is 0. The van der Waals surface area contributed by atoms with Crippen molar-refractivity contribution in [3.8, 4) is 17.2 Å². The number of benzene rings is 2. The molecule has 3 rings (SSSR count). The quantitative estimate of drug-likeness (QED) is 0.113. The van der Waals surface area contributed by atoms with Crippen LogP contribution in [-0.2, 0) is 32.0 Å². The minimum atomic E-state index is -0.439. The Morgan fingerprint density at radius 2 is 1.58 bits per heavy atom. The molecule has 2 aromatic rings. The number of Topliss-reactive ketones (excluding diaryl/α,β-unsaturated/α-hetero) is 1. The van der Waals surface area contributed by atoms with Crippen LogP contribution in [0.5, 0.6) is 17.2 Å². The topological polar surface area (TPSA) is 108 Å². The van der Waals surface area contributed by atoms with Crippen LogP contribution in [0, 0.1) is 20.8 Å². The van der Waals surface area contributed by atoms with E-state index >= 15 is 0 Å². The van der Waals surface area contributed by atoms with Crippen LogP contribution >= 0.6 is 11.8 Å². The maximum absolute atomic E-state index is 11.8. The van der Waals surface area contributed by atoms with E-state index in [9.17, 15) is 19.2 Å². The SMILES string of the molecule is CC(=O)Oc1c(C)c(C)c(OC(C)=O)c(CCCOc2ccc(CC3SCNC3C(=O)C=O)cc2)c1C.[NaH]. The second-order valence-corrected chi connectivity index (χ2v) is 10.3. The van der Waals surface area contributed by atoms with E-state index in [0.717, 1.165) is 33.6 Å². The van der Waals surface area contributed by atoms with Gasteiger partial charge in [0.1, 0.15) is 17.2 Å². The number of hydrogen-bond donors (Lipinski definition) is 1. The third-order valence-electron chi connectivity index (χ3n) is 6.40. The Bertz CT molecular complexity index is 1180. The first-order chi connectivity index (χ1) is 17.6. The first-order valence-electron chi connectivity index (χ1n) is 12.2. The monoisotopic (exact) mass is 551 g/mol. The Hall–Kier alpha value is -2.17. The van der Waals surface area contributed by atoms with Crippen molar-refractivity contribution in [2.24, 2.45) is 0 Å². The van der Waals surface area contributed by atoms with Crippen molar-refractivity contribution in [2.75, 3.05) is 12.5 Å². The van der Waals surface area contributed by atoms with Crippen LogP contribution in [0.2, 0.25) is 0 Å². The third-order valence-corrected chi connectivity index (χ3v) is 7.60. The number of esters is 2. The maximum atomic E-state index is 11.8. The van der Waals surface area contributed by atoms with Gasteiger partial charge in [0.05, 0.1) is 12.6 Å². The molecule has 0 amide bonds. The van der Waals surface area contributed by atoms with Gasteiger partial charge in [-0.2, -0.15) is 0 Å². The molecule has 1 heterocycles. The normalized spacial score (nSPS) is 16.3. The van der Waals surface area contributed by atoms with Gasteiger partial charge in [0.15, 0.2) is 6.29 Å². The average Bonchev–Trinajstić information content (AvgIpc) is 3.32. The van der Waals surface area contributed by atoms with Crippen molar-refractivity contribution in [3.05, 3.63) is 52.1 Å². The number of carbonyl (C=O) groups excluding carboxylic acids is 4. The molecular formula is C28H34NNaO7S. The van der Waals surface area contributed by atoms with Crippen LogP contribution in [0.15, 0.2) is 24.3 Å². The van der Waals surface area contributed by atoms with Gasteiger partial charge in [-0.15, -0.1) is 11.8 Å². The van der Waals surface area contributed by atoms with Crippen LogP contribution in [0.4, 0.5) is 0 Å². The van der Waals surface area contributed by atoms with Gasteiger partial charge in [0.2, 0.25) is 5.78 Å². The molecule has 1 aliphatic heterocycles. The van der Waals surface area contributed by atoms with Crippen LogP contribution in [0.1, 0.15) is 48.1 Å². The average molecular weight is 552 g/mol. The van der Waals surface area contributed by atoms with E-state index in [1.807, 2.05) is 45.0 Å². The molecule has 10 heteroatoms. The molecule has 200 valence electrons. The Balaban J connectivity index is 0.00000507. The van der Waals surface area contributed by atoms with Gasteiger partial charge in [0.25, 0.3) is 0 Å². The molecule has 0 aromatic heterocycles. The third kappa shape index (κ3) is 8.16. The summed E-state index contributed by atoms with van der Waals surface area (Å²) in [5, 5.41) is 3.10. The van der Waals surface area contributed by atoms with Gasteiger partial charge in [-0.25, -0.2) is 0 Å². The van der Waals surface area contributed by atoms with E-state index in [4.69, 9.17) is 14.2 Å². The van der Waals surface area contributed by atoms with Gasteiger partial charge >= 0.3 is 41.5 Å². The van der Waals surface area contributed by atoms with Crippen molar-refractivity contribution in [1.29, 1.82) is 0 Å². The number of carbonyl (C=O) groups is 4. The fourth-order valence-corrected chi connectivity index (χ4v) is 5.66. The summed E-state index contributed by atoms with van der Waals surface area (Å²) in [7, 11) is 0. The summed E-state index contributed by atoms with van der Waals surface area (Å²) in [5.74, 6) is 1.15. The van der Waals surface area contributed by atoms with Gasteiger partial charge in [-0.05, 0) is 74.4 Å². The van der Waals surface area contributed by atoms with Crippen LogP contribution < -0.4 is 19.5 Å². The molecule has 0 saturated carbocycles.